The molecule has 1 amide bonds. The molecule has 0 spiro atoms. The zero-order chi connectivity index (χ0) is 19.6. The van der Waals surface area contributed by atoms with Crippen molar-refractivity contribution in [3.05, 3.63) is 42.2 Å². The van der Waals surface area contributed by atoms with Crippen LogP contribution in [0.2, 0.25) is 0 Å². The first kappa shape index (κ1) is 18.2. The van der Waals surface area contributed by atoms with Gasteiger partial charge in [-0.05, 0) is 26.0 Å². The summed E-state index contributed by atoms with van der Waals surface area (Å²) in [7, 11) is 0. The average molecular weight is 369 g/mol. The number of aliphatic carboxylic acids is 1. The lowest BCUT2D eigenvalue weighted by molar-refractivity contribution is -0.146. The maximum Gasteiger partial charge on any atom is 0.331 e. The van der Waals surface area contributed by atoms with E-state index in [1.807, 2.05) is 31.2 Å². The summed E-state index contributed by atoms with van der Waals surface area (Å²) in [4.78, 5) is 24.6. The lowest BCUT2D eigenvalue weighted by Gasteiger charge is -2.19. The first-order valence-corrected chi connectivity index (χ1v) is 8.19. The Bertz CT molecular complexity index is 973. The second-order valence-electron chi connectivity index (χ2n) is 6.60. The summed E-state index contributed by atoms with van der Waals surface area (Å²) in [5.74, 6) is -0.978. The van der Waals surface area contributed by atoms with Crippen LogP contribution in [-0.4, -0.2) is 47.0 Å². The standard InChI is InChI=1S/C17H19N7O3/c1-11-4-6-12(7-5-11)15-20-22-24(21-15)10-14(25)19-13-8-18-23(9-13)17(2,3)16(26)27/h4-9H,10H2,1-3H3,(H,19,25)(H,26,27). The first-order chi connectivity index (χ1) is 12.8. The molecule has 0 radical (unpaired) electrons. The van der Waals surface area contributed by atoms with Gasteiger partial charge in [-0.25, -0.2) is 4.79 Å². The molecule has 2 aromatic heterocycles. The van der Waals surface area contributed by atoms with Crippen molar-refractivity contribution < 1.29 is 14.7 Å². The van der Waals surface area contributed by atoms with Crippen molar-refractivity contribution in [2.24, 2.45) is 0 Å². The van der Waals surface area contributed by atoms with E-state index in [1.54, 1.807) is 0 Å². The molecule has 0 saturated heterocycles. The van der Waals surface area contributed by atoms with E-state index in [9.17, 15) is 14.7 Å². The number of carboxylic acids is 1. The van der Waals surface area contributed by atoms with Crippen LogP contribution >= 0.6 is 0 Å². The van der Waals surface area contributed by atoms with Gasteiger partial charge in [-0.1, -0.05) is 29.8 Å². The summed E-state index contributed by atoms with van der Waals surface area (Å²) in [5.41, 5.74) is 1.09. The highest BCUT2D eigenvalue weighted by Crippen LogP contribution is 2.17. The van der Waals surface area contributed by atoms with E-state index in [4.69, 9.17) is 0 Å². The predicted octanol–water partition coefficient (Wildman–Crippen LogP) is 1.30. The molecule has 0 bridgehead atoms. The minimum absolute atomic E-state index is 0.133. The minimum atomic E-state index is -1.22. The Morgan fingerprint density at radius 1 is 1.22 bits per heavy atom. The third kappa shape index (κ3) is 4.00. The minimum Gasteiger partial charge on any atom is -0.479 e. The maximum absolute atomic E-state index is 12.2. The fourth-order valence-corrected chi connectivity index (χ4v) is 2.25. The van der Waals surface area contributed by atoms with Gasteiger partial charge in [0.1, 0.15) is 6.54 Å². The number of benzene rings is 1. The van der Waals surface area contributed by atoms with Crippen LogP contribution in [0.4, 0.5) is 5.69 Å². The molecule has 0 aliphatic heterocycles. The van der Waals surface area contributed by atoms with E-state index in [1.165, 1.54) is 35.7 Å². The van der Waals surface area contributed by atoms with E-state index in [2.05, 4.69) is 25.8 Å². The van der Waals surface area contributed by atoms with Crippen molar-refractivity contribution in [3.8, 4) is 11.4 Å². The summed E-state index contributed by atoms with van der Waals surface area (Å²) in [6.45, 7) is 4.88. The third-order valence-electron chi connectivity index (χ3n) is 4.01. The number of aryl methyl sites for hydroxylation is 1. The number of anilines is 1. The van der Waals surface area contributed by atoms with Gasteiger partial charge in [0, 0.05) is 11.8 Å². The number of hydrogen-bond donors (Lipinski definition) is 2. The van der Waals surface area contributed by atoms with Crippen molar-refractivity contribution in [1.82, 2.24) is 30.0 Å². The zero-order valence-corrected chi connectivity index (χ0v) is 15.1. The molecule has 140 valence electrons. The van der Waals surface area contributed by atoms with Gasteiger partial charge in [0.05, 0.1) is 11.9 Å². The Kier molecular flexibility index (Phi) is 4.72. The Balaban J connectivity index is 1.64. The number of aromatic nitrogens is 6. The van der Waals surface area contributed by atoms with Crippen molar-refractivity contribution >= 4 is 17.6 Å². The fourth-order valence-electron chi connectivity index (χ4n) is 2.25. The Morgan fingerprint density at radius 2 is 1.93 bits per heavy atom. The number of nitrogens with one attached hydrogen (secondary N) is 1. The molecule has 0 atom stereocenters. The number of nitrogens with zero attached hydrogens (tertiary/aromatic N) is 6. The lowest BCUT2D eigenvalue weighted by Crippen LogP contribution is -2.35. The molecule has 0 aliphatic rings. The van der Waals surface area contributed by atoms with Gasteiger partial charge >= 0.3 is 5.97 Å². The van der Waals surface area contributed by atoms with Crippen LogP contribution in [0.1, 0.15) is 19.4 Å². The molecular weight excluding hydrogens is 350 g/mol. The van der Waals surface area contributed by atoms with E-state index in [0.717, 1.165) is 11.1 Å². The van der Waals surface area contributed by atoms with Gasteiger partial charge in [-0.3, -0.25) is 9.48 Å². The van der Waals surface area contributed by atoms with E-state index < -0.39 is 11.5 Å². The molecular formula is C17H19N7O3. The van der Waals surface area contributed by atoms with Crippen molar-refractivity contribution in [3.63, 3.8) is 0 Å². The first-order valence-electron chi connectivity index (χ1n) is 8.19. The van der Waals surface area contributed by atoms with Gasteiger partial charge in [-0.15, -0.1) is 10.2 Å². The summed E-state index contributed by atoms with van der Waals surface area (Å²) in [6, 6.07) is 7.66. The second kappa shape index (κ2) is 6.98. The molecule has 0 aliphatic carbocycles. The maximum atomic E-state index is 12.2. The van der Waals surface area contributed by atoms with Gasteiger partial charge in [0.25, 0.3) is 0 Å². The molecule has 0 saturated carbocycles. The average Bonchev–Trinajstić information content (AvgIpc) is 3.25. The number of carboxylic acid groups (broad SMARTS) is 1. The second-order valence-corrected chi connectivity index (χ2v) is 6.60. The van der Waals surface area contributed by atoms with Crippen LogP contribution in [0.25, 0.3) is 11.4 Å². The van der Waals surface area contributed by atoms with Crippen LogP contribution in [0.5, 0.6) is 0 Å². The van der Waals surface area contributed by atoms with Gasteiger partial charge < -0.3 is 10.4 Å². The van der Waals surface area contributed by atoms with Crippen LogP contribution in [-0.2, 0) is 21.7 Å². The smallest absolute Gasteiger partial charge is 0.331 e. The van der Waals surface area contributed by atoms with E-state index in [0.29, 0.717) is 11.5 Å². The van der Waals surface area contributed by atoms with Gasteiger partial charge in [0.2, 0.25) is 11.7 Å². The van der Waals surface area contributed by atoms with E-state index >= 15 is 0 Å². The summed E-state index contributed by atoms with van der Waals surface area (Å²) in [5, 5.41) is 27.9. The SMILES string of the molecule is Cc1ccc(-c2nnn(CC(=O)Nc3cnn(C(C)(C)C(=O)O)c3)n2)cc1. The number of carbonyl (C=O) groups is 2. The van der Waals surface area contributed by atoms with Crippen LogP contribution in [0.3, 0.4) is 0 Å². The van der Waals surface area contributed by atoms with Crippen molar-refractivity contribution in [2.75, 3.05) is 5.32 Å². The van der Waals surface area contributed by atoms with Crippen LogP contribution < -0.4 is 5.32 Å². The molecule has 3 aromatic rings. The highest BCUT2D eigenvalue weighted by molar-refractivity contribution is 5.90. The molecule has 0 unspecified atom stereocenters. The number of rotatable bonds is 6. The highest BCUT2D eigenvalue weighted by Gasteiger charge is 2.30. The topological polar surface area (TPSA) is 128 Å². The van der Waals surface area contributed by atoms with Crippen LogP contribution in [0, 0.1) is 6.92 Å². The molecule has 27 heavy (non-hydrogen) atoms. The van der Waals surface area contributed by atoms with Crippen molar-refractivity contribution in [2.45, 2.75) is 32.9 Å². The zero-order valence-electron chi connectivity index (χ0n) is 15.1. The number of hydrogen-bond acceptors (Lipinski definition) is 6. The molecule has 2 N–H and O–H groups in total. The number of carbonyl (C=O) groups excluding carboxylic acids is 1. The summed E-state index contributed by atoms with van der Waals surface area (Å²) >= 11 is 0. The lowest BCUT2D eigenvalue weighted by atomic mass is 10.1. The largest absolute Gasteiger partial charge is 0.479 e. The molecule has 10 nitrogen and oxygen atoms in total. The molecule has 2 heterocycles. The quantitative estimate of drug-likeness (QED) is 0.670. The van der Waals surface area contributed by atoms with Crippen molar-refractivity contribution in [1.29, 1.82) is 0 Å². The fraction of sp³-hybridized carbons (Fsp3) is 0.294. The highest BCUT2D eigenvalue weighted by atomic mass is 16.4. The summed E-state index contributed by atoms with van der Waals surface area (Å²) in [6.07, 6.45) is 2.84. The molecule has 0 fully saturated rings. The number of amides is 1. The Hall–Kier alpha value is -3.56. The third-order valence-corrected chi connectivity index (χ3v) is 4.01. The monoisotopic (exact) mass is 369 g/mol. The van der Waals surface area contributed by atoms with Gasteiger partial charge in [0.15, 0.2) is 5.54 Å². The normalized spacial score (nSPS) is 11.4. The van der Waals surface area contributed by atoms with Gasteiger partial charge in [-0.2, -0.15) is 9.90 Å². The predicted molar refractivity (Wildman–Crippen MR) is 95.8 cm³/mol. The molecule has 1 aromatic carbocycles. The Morgan fingerprint density at radius 3 is 2.59 bits per heavy atom. The van der Waals surface area contributed by atoms with E-state index in [-0.39, 0.29) is 12.5 Å². The summed E-state index contributed by atoms with van der Waals surface area (Å²) < 4.78 is 1.27. The number of tetrazole rings is 1. The molecule has 3 rings (SSSR count). The molecule has 10 heteroatoms. The Labute approximate surface area is 154 Å². The van der Waals surface area contributed by atoms with Crippen LogP contribution in [0.15, 0.2) is 36.7 Å².